The molecule has 4 N–H and O–H groups in total. The van der Waals surface area contributed by atoms with Gasteiger partial charge < -0.3 is 21.3 Å². The number of likely N-dealkylation sites (tertiary alicyclic amines) is 2. The highest BCUT2D eigenvalue weighted by Crippen LogP contribution is 2.54. The summed E-state index contributed by atoms with van der Waals surface area (Å²) in [5.41, 5.74) is 23.5. The molecule has 6 aliphatic rings. The molecule has 2 aromatic heterocycles. The van der Waals surface area contributed by atoms with E-state index < -0.39 is 0 Å². The van der Waals surface area contributed by atoms with E-state index >= 15 is 0 Å². The van der Waals surface area contributed by atoms with Gasteiger partial charge in [-0.3, -0.25) is 9.80 Å². The second-order valence-electron chi connectivity index (χ2n) is 21.5. The molecule has 4 aromatic carbocycles. The molecule has 10 nitrogen and oxygen atoms in total. The smallest absolute Gasteiger partial charge is 0.140 e. The molecule has 0 bridgehead atoms. The number of nitrogens with zero attached hydrogens (tertiary/aromatic N) is 8. The maximum Gasteiger partial charge on any atom is 0.140 e. The van der Waals surface area contributed by atoms with Crippen LogP contribution in [-0.4, -0.2) is 82.1 Å². The van der Waals surface area contributed by atoms with Gasteiger partial charge in [0, 0.05) is 93.0 Å². The number of anilines is 4. The molecule has 72 heavy (non-hydrogen) atoms. The molecule has 6 heterocycles. The second-order valence-corrected chi connectivity index (χ2v) is 22.4. The lowest BCUT2D eigenvalue weighted by Crippen LogP contribution is -2.49. The Balaban J connectivity index is 0.000000156. The normalized spacial score (nSPS) is 24.2. The maximum atomic E-state index is 14.7. The van der Waals surface area contributed by atoms with Crippen molar-refractivity contribution in [1.82, 2.24) is 29.7 Å². The first kappa shape index (κ1) is 49.1. The summed E-state index contributed by atoms with van der Waals surface area (Å²) in [5.74, 6) is 2.51. The lowest BCUT2D eigenvalue weighted by Gasteiger charge is -2.44. The topological polar surface area (TPSA) is 117 Å². The minimum Gasteiger partial charge on any atom is -0.330 e. The summed E-state index contributed by atoms with van der Waals surface area (Å²) >= 11 is 12.4. The summed E-state index contributed by atoms with van der Waals surface area (Å²) < 4.78 is 29.4. The average molecular weight is 1010 g/mol. The van der Waals surface area contributed by atoms with E-state index in [0.717, 1.165) is 159 Å². The molecule has 14 heteroatoms. The van der Waals surface area contributed by atoms with Gasteiger partial charge in [-0.2, -0.15) is 0 Å². The summed E-state index contributed by atoms with van der Waals surface area (Å²) in [4.78, 5) is 28.6. The van der Waals surface area contributed by atoms with Gasteiger partial charge in [0.05, 0.1) is 0 Å². The Hall–Kier alpha value is -5.08. The van der Waals surface area contributed by atoms with Gasteiger partial charge in [0.1, 0.15) is 35.9 Å². The van der Waals surface area contributed by atoms with Crippen LogP contribution in [0.25, 0.3) is 0 Å². The highest BCUT2D eigenvalue weighted by molar-refractivity contribution is 6.30. The fourth-order valence-electron chi connectivity index (χ4n) is 13.7. The third kappa shape index (κ3) is 9.08. The van der Waals surface area contributed by atoms with Crippen LogP contribution in [0.1, 0.15) is 134 Å². The number of nitrogens with two attached hydrogens (primary N) is 2. The van der Waals surface area contributed by atoms with Crippen LogP contribution >= 0.6 is 23.2 Å². The summed E-state index contributed by atoms with van der Waals surface area (Å²) in [5, 5.41) is 1.48. The molecule has 6 atom stereocenters. The van der Waals surface area contributed by atoms with Gasteiger partial charge in [-0.15, -0.1) is 0 Å². The Labute approximate surface area is 433 Å². The van der Waals surface area contributed by atoms with E-state index in [0.29, 0.717) is 24.9 Å². The van der Waals surface area contributed by atoms with Gasteiger partial charge in [-0.05, 0) is 185 Å². The molecule has 2 spiro atoms. The number of fused-ring (bicyclic) bond motifs is 6. The van der Waals surface area contributed by atoms with E-state index in [1.54, 1.807) is 36.9 Å². The third-order valence-corrected chi connectivity index (χ3v) is 17.6. The van der Waals surface area contributed by atoms with Crippen molar-refractivity contribution in [3.05, 3.63) is 164 Å². The van der Waals surface area contributed by atoms with Crippen molar-refractivity contribution >= 4 is 46.2 Å². The van der Waals surface area contributed by atoms with Crippen LogP contribution in [-0.2, 0) is 23.7 Å². The first-order valence-electron chi connectivity index (χ1n) is 26.2. The summed E-state index contributed by atoms with van der Waals surface area (Å²) in [6.07, 6.45) is 13.5. The first-order valence-corrected chi connectivity index (χ1v) is 27.0. The van der Waals surface area contributed by atoms with Crippen LogP contribution in [0.15, 0.2) is 97.6 Å². The summed E-state index contributed by atoms with van der Waals surface area (Å²) in [6, 6.07) is 27.3. The number of halogens is 4. The van der Waals surface area contributed by atoms with Gasteiger partial charge in [-0.25, -0.2) is 28.7 Å². The van der Waals surface area contributed by atoms with E-state index in [2.05, 4.69) is 67.7 Å². The van der Waals surface area contributed by atoms with Gasteiger partial charge >= 0.3 is 0 Å². The second kappa shape index (κ2) is 20.3. The molecule has 2 fully saturated rings. The largest absolute Gasteiger partial charge is 0.330 e. The highest BCUT2D eigenvalue weighted by atomic mass is 35.5. The van der Waals surface area contributed by atoms with Crippen molar-refractivity contribution < 1.29 is 8.78 Å². The molecular weight excluding hydrogens is 946 g/mol. The highest BCUT2D eigenvalue weighted by Gasteiger charge is 2.50. The Morgan fingerprint density at radius 3 is 1.40 bits per heavy atom. The molecule has 376 valence electrons. The van der Waals surface area contributed by atoms with Crippen LogP contribution in [0.5, 0.6) is 0 Å². The number of hydrogen-bond acceptors (Lipinski definition) is 10. The van der Waals surface area contributed by atoms with Crippen LogP contribution in [0.2, 0.25) is 10.0 Å². The number of piperidine rings is 2. The van der Waals surface area contributed by atoms with Crippen molar-refractivity contribution in [2.24, 2.45) is 11.5 Å². The molecule has 2 saturated heterocycles. The lowest BCUT2D eigenvalue weighted by molar-refractivity contribution is 0.104. The molecule has 0 saturated carbocycles. The number of aryl methyl sites for hydroxylation is 2. The van der Waals surface area contributed by atoms with E-state index in [9.17, 15) is 8.78 Å². The number of rotatable bonds is 10. The number of hydrogen-bond donors (Lipinski definition) is 2. The minimum atomic E-state index is -0.176. The predicted molar refractivity (Wildman–Crippen MR) is 285 cm³/mol. The Bertz CT molecular complexity index is 2730. The van der Waals surface area contributed by atoms with Crippen LogP contribution < -0.4 is 21.3 Å². The van der Waals surface area contributed by atoms with Gasteiger partial charge in [-0.1, -0.05) is 61.3 Å². The minimum absolute atomic E-state index is 0.172. The van der Waals surface area contributed by atoms with E-state index in [1.807, 2.05) is 36.4 Å². The lowest BCUT2D eigenvalue weighted by atomic mass is 9.75. The van der Waals surface area contributed by atoms with Crippen LogP contribution in [0, 0.1) is 11.6 Å². The Morgan fingerprint density at radius 2 is 1.00 bits per heavy atom. The number of benzene rings is 4. The summed E-state index contributed by atoms with van der Waals surface area (Å²) in [7, 11) is 0. The summed E-state index contributed by atoms with van der Waals surface area (Å²) in [6.45, 7) is 11.1. The molecule has 4 aliphatic heterocycles. The molecule has 0 amide bonds. The zero-order valence-corrected chi connectivity index (χ0v) is 43.0. The zero-order valence-electron chi connectivity index (χ0n) is 41.5. The molecule has 0 unspecified atom stereocenters. The first-order chi connectivity index (χ1) is 35.0. The van der Waals surface area contributed by atoms with Crippen molar-refractivity contribution in [2.45, 2.75) is 113 Å². The Kier molecular flexibility index (Phi) is 13.9. The monoisotopic (exact) mass is 1010 g/mol. The zero-order chi connectivity index (χ0) is 49.7. The fourth-order valence-corrected chi connectivity index (χ4v) is 14.0. The van der Waals surface area contributed by atoms with Crippen molar-refractivity contribution in [3.63, 3.8) is 0 Å². The molecule has 6 aromatic rings. The van der Waals surface area contributed by atoms with E-state index in [1.165, 1.54) is 22.3 Å². The molecule has 0 radical (unpaired) electrons. The molecule has 2 aliphatic carbocycles. The van der Waals surface area contributed by atoms with Crippen LogP contribution in [0.4, 0.5) is 31.8 Å². The van der Waals surface area contributed by atoms with Crippen molar-refractivity contribution in [3.8, 4) is 0 Å². The van der Waals surface area contributed by atoms with Crippen LogP contribution in [0.3, 0.4) is 0 Å². The van der Waals surface area contributed by atoms with Gasteiger partial charge in [0.15, 0.2) is 0 Å². The Morgan fingerprint density at radius 1 is 0.583 bits per heavy atom. The fraction of sp³-hybridized carbons (Fsp3) is 0.448. The van der Waals surface area contributed by atoms with E-state index in [-0.39, 0.29) is 34.5 Å². The molecule has 12 rings (SSSR count). The number of aromatic nitrogens is 4. The maximum absolute atomic E-state index is 14.7. The standard InChI is InChI=1S/2C29H33ClFN5/c2*1-19-3-9-24-27(19)28(34-18-33-24)36-17-29(23-15-22(31)8-10-26(23)36)12-2-14-35(16-29)25(11-13-32)20-4-6-21(30)7-5-20/h2*4-8,10,15,18-19,25H,2-3,9,11-14,16-17,32H2,1H3/t19-,25+,29-;19-,25-,29-/m11/s1. The SMILES string of the molecule is C[C@@H]1CCc2ncnc(N3C[C@]4(CCCN([C@@H](CCN)c5ccc(Cl)cc5)C4)c4cc(F)ccc43)c21.C[C@@H]1CCc2ncnc(N3C[C@]4(CCCN([C@H](CCN)c5ccc(Cl)cc5)C4)c4cc(F)ccc43)c21. The van der Waals surface area contributed by atoms with Gasteiger partial charge in [0.25, 0.3) is 0 Å². The van der Waals surface area contributed by atoms with E-state index in [4.69, 9.17) is 44.6 Å². The van der Waals surface area contributed by atoms with Gasteiger partial charge in [0.2, 0.25) is 0 Å². The average Bonchev–Trinajstić information content (AvgIpc) is 4.14. The van der Waals surface area contributed by atoms with Crippen molar-refractivity contribution in [2.75, 3.05) is 62.2 Å². The third-order valence-electron chi connectivity index (χ3n) is 17.1. The van der Waals surface area contributed by atoms with Crippen molar-refractivity contribution in [1.29, 1.82) is 0 Å². The molecular formula is C58H66Cl2F2N10. The quantitative estimate of drug-likeness (QED) is 0.137. The predicted octanol–water partition coefficient (Wildman–Crippen LogP) is 11.8.